The number of aryl methyl sites for hydroxylation is 1. The zero-order valence-corrected chi connectivity index (χ0v) is 7.89. The molecule has 0 saturated carbocycles. The first-order chi connectivity index (χ1) is 5.68. The molecule has 1 aromatic rings. The van der Waals surface area contributed by atoms with Crippen molar-refractivity contribution in [3.8, 4) is 0 Å². The van der Waals surface area contributed by atoms with Gasteiger partial charge in [-0.2, -0.15) is 0 Å². The summed E-state index contributed by atoms with van der Waals surface area (Å²) in [6.07, 6.45) is 3.44. The van der Waals surface area contributed by atoms with E-state index in [0.29, 0.717) is 5.16 Å². The van der Waals surface area contributed by atoms with Crippen molar-refractivity contribution in [1.82, 2.24) is 9.55 Å². The maximum atomic E-state index is 5.95. The van der Waals surface area contributed by atoms with Crippen LogP contribution in [-0.2, 0) is 0 Å². The average molecular weight is 204 g/mol. The maximum absolute atomic E-state index is 5.95. The minimum Gasteiger partial charge on any atom is -0.350 e. The maximum Gasteiger partial charge on any atom is 0.132 e. The second-order valence-corrected chi connectivity index (χ2v) is 3.42. The summed E-state index contributed by atoms with van der Waals surface area (Å²) in [5, 5.41) is 3.61. The first-order valence-electron chi connectivity index (χ1n) is 3.51. The largest absolute Gasteiger partial charge is 0.350 e. The van der Waals surface area contributed by atoms with Crippen LogP contribution in [0, 0.1) is 6.92 Å². The quantitative estimate of drug-likeness (QED) is 0.518. The summed E-state index contributed by atoms with van der Waals surface area (Å²) in [5.41, 5.74) is -0.249. The molecular formula is C7H7Cl2N3. The number of anilines is 1. The van der Waals surface area contributed by atoms with E-state index in [-0.39, 0.29) is 5.50 Å². The minimum absolute atomic E-state index is 0.249. The first kappa shape index (κ1) is 7.95. The predicted octanol–water partition coefficient (Wildman–Crippen LogP) is 2.22. The topological polar surface area (TPSA) is 29.9 Å². The van der Waals surface area contributed by atoms with Gasteiger partial charge in [0, 0.05) is 0 Å². The molecule has 0 radical (unpaired) electrons. The number of nitrogens with one attached hydrogen (secondary N) is 1. The van der Waals surface area contributed by atoms with E-state index in [9.17, 15) is 0 Å². The number of fused-ring (bicyclic) bond motifs is 1. The van der Waals surface area contributed by atoms with E-state index in [4.69, 9.17) is 23.2 Å². The van der Waals surface area contributed by atoms with Gasteiger partial charge in [-0.15, -0.1) is 0 Å². The summed E-state index contributed by atoms with van der Waals surface area (Å²) in [7, 11) is 0. The van der Waals surface area contributed by atoms with Gasteiger partial charge in [0.15, 0.2) is 0 Å². The van der Waals surface area contributed by atoms with Crippen LogP contribution in [0.25, 0.3) is 5.16 Å². The van der Waals surface area contributed by atoms with Gasteiger partial charge in [-0.3, -0.25) is 4.57 Å². The molecular weight excluding hydrogens is 197 g/mol. The highest BCUT2D eigenvalue weighted by Crippen LogP contribution is 2.27. The Bertz CT molecular complexity index is 342. The molecule has 0 amide bonds. The zero-order valence-electron chi connectivity index (χ0n) is 6.38. The fourth-order valence-corrected chi connectivity index (χ4v) is 1.83. The molecule has 0 aliphatic carbocycles. The van der Waals surface area contributed by atoms with Crippen molar-refractivity contribution in [3.63, 3.8) is 0 Å². The van der Waals surface area contributed by atoms with Crippen LogP contribution in [0.15, 0.2) is 12.3 Å². The third kappa shape index (κ3) is 1.09. The highest BCUT2D eigenvalue weighted by molar-refractivity contribution is 6.46. The van der Waals surface area contributed by atoms with Crippen LogP contribution in [0.2, 0.25) is 0 Å². The number of imidazole rings is 1. The number of hydrogen-bond donors (Lipinski definition) is 1. The van der Waals surface area contributed by atoms with Crippen molar-refractivity contribution < 1.29 is 0 Å². The molecule has 0 saturated heterocycles. The molecule has 12 heavy (non-hydrogen) atoms. The second kappa shape index (κ2) is 2.68. The van der Waals surface area contributed by atoms with E-state index in [2.05, 4.69) is 10.3 Å². The van der Waals surface area contributed by atoms with Crippen LogP contribution in [0.3, 0.4) is 0 Å². The number of alkyl halides is 1. The summed E-state index contributed by atoms with van der Waals surface area (Å²) in [5.74, 6) is 1.68. The van der Waals surface area contributed by atoms with Crippen LogP contribution in [0.1, 0.15) is 5.82 Å². The molecule has 1 aliphatic heterocycles. The molecule has 1 atom stereocenters. The van der Waals surface area contributed by atoms with Crippen LogP contribution in [0.5, 0.6) is 0 Å². The minimum atomic E-state index is -0.249. The van der Waals surface area contributed by atoms with E-state index in [0.717, 1.165) is 11.6 Å². The molecule has 0 bridgehead atoms. The monoisotopic (exact) mass is 203 g/mol. The van der Waals surface area contributed by atoms with Crippen LogP contribution < -0.4 is 5.32 Å². The van der Waals surface area contributed by atoms with Gasteiger partial charge in [-0.1, -0.05) is 23.2 Å². The number of rotatable bonds is 0. The molecule has 2 heterocycles. The lowest BCUT2D eigenvalue weighted by Gasteiger charge is -2.18. The number of hydrogen-bond acceptors (Lipinski definition) is 2. The van der Waals surface area contributed by atoms with Crippen molar-refractivity contribution in [2.75, 3.05) is 5.32 Å². The Hall–Kier alpha value is -0.670. The van der Waals surface area contributed by atoms with E-state index >= 15 is 0 Å². The summed E-state index contributed by atoms with van der Waals surface area (Å²) >= 11 is 11.8. The van der Waals surface area contributed by atoms with Crippen LogP contribution in [0.4, 0.5) is 5.82 Å². The first-order valence-corrected chi connectivity index (χ1v) is 4.32. The van der Waals surface area contributed by atoms with Crippen molar-refractivity contribution >= 4 is 34.2 Å². The standard InChI is InChI=1S/C7H7Cl2N3/c1-4-10-3-7-11-5(8)2-6(9)12(4)7/h2-3,5,11H,1H3. The lowest BCUT2D eigenvalue weighted by atomic mass is 10.4. The molecule has 1 unspecified atom stereocenters. The Kier molecular flexibility index (Phi) is 1.77. The smallest absolute Gasteiger partial charge is 0.132 e. The summed E-state index contributed by atoms with van der Waals surface area (Å²) in [6.45, 7) is 1.88. The molecule has 3 nitrogen and oxygen atoms in total. The van der Waals surface area contributed by atoms with E-state index in [1.807, 2.05) is 6.92 Å². The molecule has 2 rings (SSSR count). The van der Waals surface area contributed by atoms with Gasteiger partial charge in [-0.25, -0.2) is 4.98 Å². The molecule has 1 aliphatic rings. The summed E-state index contributed by atoms with van der Waals surface area (Å²) in [4.78, 5) is 4.10. The SMILES string of the molecule is Cc1ncc2n1C(Cl)=CC(Cl)N2. The van der Waals surface area contributed by atoms with E-state index in [1.54, 1.807) is 16.8 Å². The molecule has 64 valence electrons. The number of aromatic nitrogens is 2. The van der Waals surface area contributed by atoms with Gasteiger partial charge in [0.05, 0.1) is 6.20 Å². The Morgan fingerprint density at radius 1 is 1.67 bits per heavy atom. The summed E-state index contributed by atoms with van der Waals surface area (Å²) in [6, 6.07) is 0. The van der Waals surface area contributed by atoms with Crippen LogP contribution in [-0.4, -0.2) is 15.1 Å². The average Bonchev–Trinajstić information content (AvgIpc) is 2.31. The Labute approximate surface area is 80.0 Å². The van der Waals surface area contributed by atoms with Crippen molar-refractivity contribution in [1.29, 1.82) is 0 Å². The van der Waals surface area contributed by atoms with Crippen molar-refractivity contribution in [2.45, 2.75) is 12.4 Å². The normalized spacial score (nSPS) is 21.2. The summed E-state index contributed by atoms with van der Waals surface area (Å²) < 4.78 is 1.81. The predicted molar refractivity (Wildman–Crippen MR) is 50.4 cm³/mol. The lowest BCUT2D eigenvalue weighted by Crippen LogP contribution is -2.18. The fraction of sp³-hybridized carbons (Fsp3) is 0.286. The molecule has 0 spiro atoms. The highest BCUT2D eigenvalue weighted by Gasteiger charge is 2.17. The van der Waals surface area contributed by atoms with Gasteiger partial charge < -0.3 is 5.32 Å². The fourth-order valence-electron chi connectivity index (χ4n) is 1.19. The van der Waals surface area contributed by atoms with Gasteiger partial charge in [-0.05, 0) is 13.0 Å². The van der Waals surface area contributed by atoms with E-state index in [1.165, 1.54) is 0 Å². The third-order valence-corrected chi connectivity index (χ3v) is 2.25. The zero-order chi connectivity index (χ0) is 8.72. The molecule has 5 heteroatoms. The van der Waals surface area contributed by atoms with Gasteiger partial charge in [0.1, 0.15) is 22.3 Å². The van der Waals surface area contributed by atoms with E-state index < -0.39 is 0 Å². The highest BCUT2D eigenvalue weighted by atomic mass is 35.5. The Morgan fingerprint density at radius 3 is 3.17 bits per heavy atom. The molecule has 0 fully saturated rings. The Morgan fingerprint density at radius 2 is 2.42 bits per heavy atom. The molecule has 1 aromatic heterocycles. The van der Waals surface area contributed by atoms with Gasteiger partial charge in [0.25, 0.3) is 0 Å². The molecule has 0 aromatic carbocycles. The molecule has 1 N–H and O–H groups in total. The van der Waals surface area contributed by atoms with Crippen LogP contribution >= 0.6 is 23.2 Å². The van der Waals surface area contributed by atoms with Crippen molar-refractivity contribution in [3.05, 3.63) is 18.1 Å². The number of nitrogens with zero attached hydrogens (tertiary/aromatic N) is 2. The number of halogens is 2. The Balaban J connectivity index is 2.55. The van der Waals surface area contributed by atoms with Gasteiger partial charge >= 0.3 is 0 Å². The lowest BCUT2D eigenvalue weighted by molar-refractivity contribution is 0.979. The second-order valence-electron chi connectivity index (χ2n) is 2.56. The third-order valence-electron chi connectivity index (χ3n) is 1.72. The van der Waals surface area contributed by atoms with Gasteiger partial charge in [0.2, 0.25) is 0 Å². The van der Waals surface area contributed by atoms with Crippen molar-refractivity contribution in [2.24, 2.45) is 0 Å².